The van der Waals surface area contributed by atoms with Crippen LogP contribution in [-0.2, 0) is 0 Å². The maximum Gasteiger partial charge on any atom is 0.130 e. The lowest BCUT2D eigenvalue weighted by atomic mass is 10.0. The van der Waals surface area contributed by atoms with E-state index in [0.29, 0.717) is 0 Å². The van der Waals surface area contributed by atoms with Crippen molar-refractivity contribution in [3.05, 3.63) is 69.7 Å². The first-order valence-electron chi connectivity index (χ1n) is 6.44. The van der Waals surface area contributed by atoms with Gasteiger partial charge in [-0.05, 0) is 43.7 Å². The highest BCUT2D eigenvalue weighted by atomic mass is 79.9. The van der Waals surface area contributed by atoms with Gasteiger partial charge in [0.2, 0.25) is 0 Å². The molecule has 0 spiro atoms. The Hall–Kier alpha value is -1.26. The number of hydrogen-bond acceptors (Lipinski definition) is 1. The maximum atomic E-state index is 13.7. The minimum atomic E-state index is -0.520. The lowest BCUT2D eigenvalue weighted by molar-refractivity contribution is 0.450. The van der Waals surface area contributed by atoms with Crippen LogP contribution in [-0.4, -0.2) is 0 Å². The van der Waals surface area contributed by atoms with E-state index in [9.17, 15) is 8.78 Å². The van der Waals surface area contributed by atoms with Crippen molar-refractivity contribution in [1.82, 2.24) is 5.32 Å². The van der Waals surface area contributed by atoms with E-state index >= 15 is 0 Å². The van der Waals surface area contributed by atoms with Crippen molar-refractivity contribution in [3.63, 3.8) is 0 Å². The zero-order valence-corrected chi connectivity index (χ0v) is 12.9. The number of rotatable bonds is 4. The third-order valence-corrected chi connectivity index (χ3v) is 3.83. The Labute approximate surface area is 126 Å². The molecule has 0 aliphatic heterocycles. The largest absolute Gasteiger partial charge is 0.303 e. The molecule has 1 N–H and O–H groups in total. The molecular weight excluding hydrogens is 324 g/mol. The van der Waals surface area contributed by atoms with Crippen LogP contribution < -0.4 is 5.32 Å². The minimum Gasteiger partial charge on any atom is -0.303 e. The van der Waals surface area contributed by atoms with E-state index in [0.717, 1.165) is 10.0 Å². The molecular formula is C16H16BrF2N. The summed E-state index contributed by atoms with van der Waals surface area (Å²) in [5, 5.41) is 3.22. The van der Waals surface area contributed by atoms with Gasteiger partial charge in [0.1, 0.15) is 11.6 Å². The highest BCUT2D eigenvalue weighted by Crippen LogP contribution is 2.24. The smallest absolute Gasteiger partial charge is 0.130 e. The summed E-state index contributed by atoms with van der Waals surface area (Å²) in [6.45, 7) is 3.73. The van der Waals surface area contributed by atoms with Gasteiger partial charge in [-0.1, -0.05) is 34.1 Å². The number of nitrogens with one attached hydrogen (secondary N) is 1. The van der Waals surface area contributed by atoms with E-state index in [2.05, 4.69) is 21.2 Å². The molecule has 0 fully saturated rings. The quantitative estimate of drug-likeness (QED) is 0.813. The molecule has 2 aromatic rings. The van der Waals surface area contributed by atoms with Gasteiger partial charge in [-0.2, -0.15) is 0 Å². The molecule has 0 aliphatic carbocycles. The average molecular weight is 340 g/mol. The monoisotopic (exact) mass is 339 g/mol. The fourth-order valence-electron chi connectivity index (χ4n) is 2.23. The van der Waals surface area contributed by atoms with Crippen molar-refractivity contribution < 1.29 is 8.78 Å². The Morgan fingerprint density at radius 3 is 2.00 bits per heavy atom. The second-order valence-electron chi connectivity index (χ2n) is 4.80. The summed E-state index contributed by atoms with van der Waals surface area (Å²) < 4.78 is 28.4. The van der Waals surface area contributed by atoms with Gasteiger partial charge in [0.05, 0.1) is 0 Å². The second-order valence-corrected chi connectivity index (χ2v) is 5.71. The first-order valence-corrected chi connectivity index (χ1v) is 7.23. The summed E-state index contributed by atoms with van der Waals surface area (Å²) in [5.74, 6) is -1.04. The van der Waals surface area contributed by atoms with Gasteiger partial charge in [-0.25, -0.2) is 8.78 Å². The van der Waals surface area contributed by atoms with Crippen LogP contribution in [0, 0.1) is 11.6 Å². The lowest BCUT2D eigenvalue weighted by Crippen LogP contribution is -2.24. The van der Waals surface area contributed by atoms with Crippen molar-refractivity contribution in [2.75, 3.05) is 0 Å². The standard InChI is InChI=1S/C16H16BrF2N/c1-10(12-6-8-13(17)9-7-12)20-11(2)16-14(18)4-3-5-15(16)19/h3-11,20H,1-2H3/t10-,11?/m1/s1. The van der Waals surface area contributed by atoms with Gasteiger partial charge >= 0.3 is 0 Å². The molecule has 1 nitrogen and oxygen atoms in total. The zero-order valence-electron chi connectivity index (χ0n) is 11.3. The highest BCUT2D eigenvalue weighted by Gasteiger charge is 2.18. The third-order valence-electron chi connectivity index (χ3n) is 3.30. The first-order chi connectivity index (χ1) is 9.49. The molecule has 0 bridgehead atoms. The van der Waals surface area contributed by atoms with Crippen LogP contribution in [0.4, 0.5) is 8.78 Å². The summed E-state index contributed by atoms with van der Waals surface area (Å²) in [4.78, 5) is 0. The van der Waals surface area contributed by atoms with Gasteiger partial charge < -0.3 is 5.32 Å². The first kappa shape index (κ1) is 15.1. The van der Waals surface area contributed by atoms with E-state index in [1.807, 2.05) is 31.2 Å². The van der Waals surface area contributed by atoms with Crippen LogP contribution in [0.25, 0.3) is 0 Å². The molecule has 0 radical (unpaired) electrons. The minimum absolute atomic E-state index is 0.00268. The summed E-state index contributed by atoms with van der Waals surface area (Å²) in [7, 11) is 0. The molecule has 0 heterocycles. The molecule has 2 atom stereocenters. The molecule has 4 heteroatoms. The van der Waals surface area contributed by atoms with Gasteiger partial charge in [0.15, 0.2) is 0 Å². The van der Waals surface area contributed by atoms with Crippen molar-refractivity contribution in [3.8, 4) is 0 Å². The molecule has 2 aromatic carbocycles. The van der Waals surface area contributed by atoms with Gasteiger partial charge in [-0.3, -0.25) is 0 Å². The van der Waals surface area contributed by atoms with Gasteiger partial charge in [-0.15, -0.1) is 0 Å². The predicted molar refractivity (Wildman–Crippen MR) is 80.5 cm³/mol. The summed E-state index contributed by atoms with van der Waals surface area (Å²) in [6, 6.07) is 11.4. The average Bonchev–Trinajstić information content (AvgIpc) is 2.39. The van der Waals surface area contributed by atoms with E-state index in [1.54, 1.807) is 6.92 Å². The Kier molecular flexibility index (Phi) is 4.89. The fraction of sp³-hybridized carbons (Fsp3) is 0.250. The molecule has 0 aliphatic rings. The molecule has 0 saturated carbocycles. The van der Waals surface area contributed by atoms with E-state index in [1.165, 1.54) is 18.2 Å². The molecule has 106 valence electrons. The molecule has 0 aromatic heterocycles. The summed E-state index contributed by atoms with van der Waals surface area (Å²) in [6.07, 6.45) is 0. The van der Waals surface area contributed by atoms with Crippen molar-refractivity contribution in [2.45, 2.75) is 25.9 Å². The molecule has 0 saturated heterocycles. The zero-order chi connectivity index (χ0) is 14.7. The Morgan fingerprint density at radius 1 is 0.900 bits per heavy atom. The summed E-state index contributed by atoms with van der Waals surface area (Å²) >= 11 is 3.38. The van der Waals surface area contributed by atoms with Gasteiger partial charge in [0.25, 0.3) is 0 Å². The van der Waals surface area contributed by atoms with Crippen LogP contribution in [0.5, 0.6) is 0 Å². The normalized spacial score (nSPS) is 14.1. The Balaban J connectivity index is 2.15. The topological polar surface area (TPSA) is 12.0 Å². The van der Waals surface area contributed by atoms with E-state index in [4.69, 9.17) is 0 Å². The van der Waals surface area contributed by atoms with Gasteiger partial charge in [0, 0.05) is 22.1 Å². The van der Waals surface area contributed by atoms with Crippen LogP contribution in [0.2, 0.25) is 0 Å². The maximum absolute atomic E-state index is 13.7. The molecule has 0 amide bonds. The van der Waals surface area contributed by atoms with Crippen LogP contribution >= 0.6 is 15.9 Å². The van der Waals surface area contributed by atoms with Crippen LogP contribution in [0.1, 0.15) is 37.1 Å². The number of benzene rings is 2. The van der Waals surface area contributed by atoms with Crippen molar-refractivity contribution in [1.29, 1.82) is 0 Å². The Bertz CT molecular complexity index is 563. The van der Waals surface area contributed by atoms with E-state index < -0.39 is 17.7 Å². The van der Waals surface area contributed by atoms with Crippen LogP contribution in [0.15, 0.2) is 46.9 Å². The van der Waals surface area contributed by atoms with Crippen LogP contribution in [0.3, 0.4) is 0 Å². The number of halogens is 3. The lowest BCUT2D eigenvalue weighted by Gasteiger charge is -2.21. The second kappa shape index (κ2) is 6.46. The molecule has 20 heavy (non-hydrogen) atoms. The molecule has 1 unspecified atom stereocenters. The van der Waals surface area contributed by atoms with Crippen molar-refractivity contribution in [2.24, 2.45) is 0 Å². The highest BCUT2D eigenvalue weighted by molar-refractivity contribution is 9.10. The fourth-order valence-corrected chi connectivity index (χ4v) is 2.49. The van der Waals surface area contributed by atoms with Crippen molar-refractivity contribution >= 4 is 15.9 Å². The third kappa shape index (κ3) is 3.44. The van der Waals surface area contributed by atoms with E-state index in [-0.39, 0.29) is 11.6 Å². The SMILES string of the molecule is CC(N[C@H](C)c1ccc(Br)cc1)c1c(F)cccc1F. The Morgan fingerprint density at radius 2 is 1.45 bits per heavy atom. The predicted octanol–water partition coefficient (Wildman–Crippen LogP) is 5.14. The molecule has 2 rings (SSSR count). The summed E-state index contributed by atoms with van der Waals surface area (Å²) in [5.41, 5.74) is 1.15. The number of hydrogen-bond donors (Lipinski definition) is 1.